The van der Waals surface area contributed by atoms with Crippen LogP contribution >= 0.6 is 11.6 Å². The molecule has 0 spiro atoms. The number of nitrogens with zero attached hydrogens (tertiary/aromatic N) is 2. The van der Waals surface area contributed by atoms with Crippen LogP contribution in [0.2, 0.25) is 5.02 Å². The summed E-state index contributed by atoms with van der Waals surface area (Å²) < 4.78 is 0. The molecule has 0 bridgehead atoms. The summed E-state index contributed by atoms with van der Waals surface area (Å²) in [6.45, 7) is 0. The van der Waals surface area contributed by atoms with Crippen molar-refractivity contribution in [1.29, 1.82) is 0 Å². The van der Waals surface area contributed by atoms with E-state index in [1.165, 1.54) is 12.3 Å². The van der Waals surface area contributed by atoms with Crippen LogP contribution in [0.3, 0.4) is 0 Å². The predicted molar refractivity (Wildman–Crippen MR) is 112 cm³/mol. The second-order valence-corrected chi connectivity index (χ2v) is 6.72. The molecule has 0 saturated carbocycles. The van der Waals surface area contributed by atoms with Gasteiger partial charge in [0.1, 0.15) is 5.69 Å². The second-order valence-electron chi connectivity index (χ2n) is 6.29. The minimum atomic E-state index is -0.390. The number of aromatic nitrogens is 1. The minimum absolute atomic E-state index is 0.153. The largest absolute Gasteiger partial charge is 0.378 e. The van der Waals surface area contributed by atoms with Gasteiger partial charge in [-0.15, -0.1) is 0 Å². The number of carbonyl (C=O) groups is 2. The van der Waals surface area contributed by atoms with Crippen LogP contribution in [0.15, 0.2) is 66.9 Å². The molecule has 7 heteroatoms. The fraction of sp³-hybridized carbons (Fsp3) is 0.0952. The lowest BCUT2D eigenvalue weighted by Gasteiger charge is -2.13. The molecular weight excluding hydrogens is 376 g/mol. The van der Waals surface area contributed by atoms with E-state index < -0.39 is 5.91 Å². The SMILES string of the molecule is CN(C)c1ccc(NC(=O)c2cc(C(=O)Nc3ccc(Cl)cc3)ccn2)cc1. The van der Waals surface area contributed by atoms with E-state index in [1.807, 2.05) is 43.3 Å². The van der Waals surface area contributed by atoms with Crippen LogP contribution in [0, 0.1) is 0 Å². The number of rotatable bonds is 5. The molecule has 3 aromatic rings. The van der Waals surface area contributed by atoms with Crippen LogP contribution < -0.4 is 15.5 Å². The number of benzene rings is 2. The van der Waals surface area contributed by atoms with Crippen LogP contribution in [0.1, 0.15) is 20.8 Å². The molecule has 0 aliphatic carbocycles. The van der Waals surface area contributed by atoms with Crippen molar-refractivity contribution in [3.05, 3.63) is 83.1 Å². The first kappa shape index (κ1) is 19.4. The molecule has 1 aromatic heterocycles. The lowest BCUT2D eigenvalue weighted by atomic mass is 10.2. The number of amides is 2. The van der Waals surface area contributed by atoms with Crippen molar-refractivity contribution >= 4 is 40.5 Å². The third-order valence-electron chi connectivity index (χ3n) is 4.00. The molecule has 2 aromatic carbocycles. The Morgan fingerprint density at radius 3 is 2.04 bits per heavy atom. The first-order valence-electron chi connectivity index (χ1n) is 8.54. The molecule has 0 fully saturated rings. The van der Waals surface area contributed by atoms with Gasteiger partial charge in [0.05, 0.1) is 0 Å². The molecule has 0 aliphatic rings. The Balaban J connectivity index is 1.70. The monoisotopic (exact) mass is 394 g/mol. The lowest BCUT2D eigenvalue weighted by molar-refractivity contribution is 0.102. The molecule has 0 aliphatic heterocycles. The Hall–Kier alpha value is -3.38. The highest BCUT2D eigenvalue weighted by Crippen LogP contribution is 2.17. The first-order valence-corrected chi connectivity index (χ1v) is 8.92. The molecule has 28 heavy (non-hydrogen) atoms. The summed E-state index contributed by atoms with van der Waals surface area (Å²) in [5, 5.41) is 6.12. The number of pyridine rings is 1. The van der Waals surface area contributed by atoms with Gasteiger partial charge in [-0.25, -0.2) is 0 Å². The summed E-state index contributed by atoms with van der Waals surface area (Å²) in [4.78, 5) is 30.9. The molecule has 142 valence electrons. The van der Waals surface area contributed by atoms with Gasteiger partial charge in [0.2, 0.25) is 0 Å². The van der Waals surface area contributed by atoms with Crippen LogP contribution in [-0.4, -0.2) is 30.9 Å². The van der Waals surface area contributed by atoms with Crippen molar-refractivity contribution in [1.82, 2.24) is 4.98 Å². The molecule has 1 heterocycles. The van der Waals surface area contributed by atoms with Gasteiger partial charge in [-0.05, 0) is 60.7 Å². The normalized spacial score (nSPS) is 10.2. The average molecular weight is 395 g/mol. The van der Waals surface area contributed by atoms with E-state index in [-0.39, 0.29) is 11.6 Å². The number of carbonyl (C=O) groups excluding carboxylic acids is 2. The van der Waals surface area contributed by atoms with E-state index in [2.05, 4.69) is 15.6 Å². The summed E-state index contributed by atoms with van der Waals surface area (Å²) in [5.41, 5.74) is 2.77. The zero-order valence-corrected chi connectivity index (χ0v) is 16.2. The quantitative estimate of drug-likeness (QED) is 0.676. The van der Waals surface area contributed by atoms with Gasteiger partial charge in [0.25, 0.3) is 11.8 Å². The molecule has 3 rings (SSSR count). The maximum Gasteiger partial charge on any atom is 0.274 e. The molecule has 0 atom stereocenters. The second kappa shape index (κ2) is 8.54. The summed E-state index contributed by atoms with van der Waals surface area (Å²) in [6.07, 6.45) is 1.43. The number of hydrogen-bond donors (Lipinski definition) is 2. The summed E-state index contributed by atoms with van der Waals surface area (Å²) in [6, 6.07) is 17.2. The van der Waals surface area contributed by atoms with E-state index in [0.29, 0.717) is 22.0 Å². The smallest absolute Gasteiger partial charge is 0.274 e. The van der Waals surface area contributed by atoms with E-state index >= 15 is 0 Å². The third kappa shape index (κ3) is 4.86. The van der Waals surface area contributed by atoms with Gasteiger partial charge in [-0.3, -0.25) is 14.6 Å². The molecular formula is C21H19ClN4O2. The summed E-state index contributed by atoms with van der Waals surface area (Å²) in [5.74, 6) is -0.729. The summed E-state index contributed by atoms with van der Waals surface area (Å²) in [7, 11) is 3.89. The Morgan fingerprint density at radius 1 is 0.857 bits per heavy atom. The van der Waals surface area contributed by atoms with Crippen molar-refractivity contribution in [2.45, 2.75) is 0 Å². The van der Waals surface area contributed by atoms with Gasteiger partial charge < -0.3 is 15.5 Å². The van der Waals surface area contributed by atoms with Crippen molar-refractivity contribution in [2.75, 3.05) is 29.6 Å². The molecule has 0 saturated heterocycles. The van der Waals surface area contributed by atoms with E-state index in [9.17, 15) is 9.59 Å². The number of anilines is 3. The maximum atomic E-state index is 12.5. The van der Waals surface area contributed by atoms with E-state index in [1.54, 1.807) is 30.3 Å². The van der Waals surface area contributed by atoms with Gasteiger partial charge in [0, 0.05) is 47.9 Å². The highest BCUT2D eigenvalue weighted by atomic mass is 35.5. The standard InChI is InChI=1S/C21H19ClN4O2/c1-26(2)18-9-7-17(8-10-18)25-21(28)19-13-14(11-12-23-19)20(27)24-16-5-3-15(22)4-6-16/h3-13H,1-2H3,(H,24,27)(H,25,28). The maximum absolute atomic E-state index is 12.5. The van der Waals surface area contributed by atoms with Crippen LogP contribution in [0.5, 0.6) is 0 Å². The van der Waals surface area contributed by atoms with E-state index in [4.69, 9.17) is 11.6 Å². The van der Waals surface area contributed by atoms with Gasteiger partial charge in [-0.1, -0.05) is 11.6 Å². The van der Waals surface area contributed by atoms with Crippen molar-refractivity contribution in [2.24, 2.45) is 0 Å². The first-order chi connectivity index (χ1) is 13.4. The molecule has 0 radical (unpaired) electrons. The summed E-state index contributed by atoms with van der Waals surface area (Å²) >= 11 is 5.84. The van der Waals surface area contributed by atoms with Crippen LogP contribution in [0.25, 0.3) is 0 Å². The Morgan fingerprint density at radius 2 is 1.43 bits per heavy atom. The fourth-order valence-electron chi connectivity index (χ4n) is 2.47. The highest BCUT2D eigenvalue weighted by molar-refractivity contribution is 6.30. The number of halogens is 1. The van der Waals surface area contributed by atoms with Crippen LogP contribution in [-0.2, 0) is 0 Å². The Kier molecular flexibility index (Phi) is 5.91. The minimum Gasteiger partial charge on any atom is -0.378 e. The zero-order chi connectivity index (χ0) is 20.1. The van der Waals surface area contributed by atoms with E-state index in [0.717, 1.165) is 5.69 Å². The van der Waals surface area contributed by atoms with Crippen LogP contribution in [0.4, 0.5) is 17.1 Å². The highest BCUT2D eigenvalue weighted by Gasteiger charge is 2.12. The van der Waals surface area contributed by atoms with Crippen molar-refractivity contribution in [3.63, 3.8) is 0 Å². The van der Waals surface area contributed by atoms with Gasteiger partial charge >= 0.3 is 0 Å². The van der Waals surface area contributed by atoms with Gasteiger partial charge in [0.15, 0.2) is 0 Å². The lowest BCUT2D eigenvalue weighted by Crippen LogP contribution is -2.17. The molecule has 6 nitrogen and oxygen atoms in total. The fourth-order valence-corrected chi connectivity index (χ4v) is 2.60. The molecule has 2 N–H and O–H groups in total. The Bertz CT molecular complexity index is 986. The Labute approximate surface area is 168 Å². The van der Waals surface area contributed by atoms with Gasteiger partial charge in [-0.2, -0.15) is 0 Å². The average Bonchev–Trinajstić information content (AvgIpc) is 2.70. The third-order valence-corrected chi connectivity index (χ3v) is 4.25. The molecule has 0 unspecified atom stereocenters. The van der Waals surface area contributed by atoms with Crippen molar-refractivity contribution < 1.29 is 9.59 Å². The number of hydrogen-bond acceptors (Lipinski definition) is 4. The van der Waals surface area contributed by atoms with Crippen molar-refractivity contribution in [3.8, 4) is 0 Å². The topological polar surface area (TPSA) is 74.3 Å². The zero-order valence-electron chi connectivity index (χ0n) is 15.4. The number of nitrogens with one attached hydrogen (secondary N) is 2. The molecule has 2 amide bonds. The predicted octanol–water partition coefficient (Wildman–Crippen LogP) is 4.31.